The average Bonchev–Trinajstić information content (AvgIpc) is 2.44. The number of carbonyl (C=O) groups is 1. The fraction of sp³-hybridized carbons (Fsp3) is 0.846. The van der Waals surface area contributed by atoms with Gasteiger partial charge in [-0.15, -0.1) is 0 Å². The molecule has 0 saturated carbocycles. The van der Waals surface area contributed by atoms with Gasteiger partial charge in [0.15, 0.2) is 0 Å². The van der Waals surface area contributed by atoms with Crippen molar-refractivity contribution in [3.8, 4) is 6.07 Å². The lowest BCUT2D eigenvalue weighted by molar-refractivity contribution is -0.132. The van der Waals surface area contributed by atoms with Crippen molar-refractivity contribution in [1.82, 2.24) is 10.2 Å². The maximum Gasteiger partial charge on any atom is 0.239 e. The normalized spacial score (nSPS) is 22.1. The molecule has 4 heteroatoms. The molecule has 96 valence electrons. The number of hydrogen-bond donors (Lipinski definition) is 1. The van der Waals surface area contributed by atoms with E-state index in [1.807, 2.05) is 25.7 Å². The standard InChI is InChI=1S/C13H23N3O/c1-11-12(17)16(9-5-7-15-11)8-4-6-13(2,3)10-14/h11,15H,4-9H2,1-3H3. The molecule has 1 rings (SSSR count). The van der Waals surface area contributed by atoms with Gasteiger partial charge in [-0.2, -0.15) is 5.26 Å². The van der Waals surface area contributed by atoms with Crippen LogP contribution in [0.3, 0.4) is 0 Å². The molecule has 0 aliphatic carbocycles. The highest BCUT2D eigenvalue weighted by Gasteiger charge is 2.23. The van der Waals surface area contributed by atoms with Crippen LogP contribution >= 0.6 is 0 Å². The lowest BCUT2D eigenvalue weighted by Crippen LogP contribution is -2.42. The van der Waals surface area contributed by atoms with E-state index in [1.54, 1.807) is 0 Å². The minimum atomic E-state index is -0.279. The Morgan fingerprint density at radius 3 is 2.94 bits per heavy atom. The van der Waals surface area contributed by atoms with Crippen LogP contribution in [-0.4, -0.2) is 36.5 Å². The molecular weight excluding hydrogens is 214 g/mol. The molecular formula is C13H23N3O. The van der Waals surface area contributed by atoms with Crippen molar-refractivity contribution in [2.24, 2.45) is 5.41 Å². The molecule has 0 radical (unpaired) electrons. The van der Waals surface area contributed by atoms with E-state index in [2.05, 4.69) is 11.4 Å². The summed E-state index contributed by atoms with van der Waals surface area (Å²) in [6.07, 6.45) is 2.76. The van der Waals surface area contributed by atoms with E-state index >= 15 is 0 Å². The van der Waals surface area contributed by atoms with Gasteiger partial charge in [0.05, 0.1) is 17.5 Å². The van der Waals surface area contributed by atoms with Gasteiger partial charge >= 0.3 is 0 Å². The highest BCUT2D eigenvalue weighted by molar-refractivity contribution is 5.81. The first-order chi connectivity index (χ1) is 7.96. The smallest absolute Gasteiger partial charge is 0.239 e. The van der Waals surface area contributed by atoms with Crippen molar-refractivity contribution in [3.05, 3.63) is 0 Å². The molecule has 1 heterocycles. The topological polar surface area (TPSA) is 56.1 Å². The van der Waals surface area contributed by atoms with Gasteiger partial charge in [-0.05, 0) is 46.6 Å². The second-order valence-corrected chi connectivity index (χ2v) is 5.45. The second kappa shape index (κ2) is 6.02. The number of nitrogens with zero attached hydrogens (tertiary/aromatic N) is 2. The van der Waals surface area contributed by atoms with Crippen LogP contribution in [0.4, 0.5) is 0 Å². The molecule has 1 amide bonds. The summed E-state index contributed by atoms with van der Waals surface area (Å²) in [6.45, 7) is 8.33. The number of rotatable bonds is 4. The molecule has 4 nitrogen and oxygen atoms in total. The van der Waals surface area contributed by atoms with Crippen LogP contribution in [-0.2, 0) is 4.79 Å². The minimum absolute atomic E-state index is 0.0681. The Kier molecular flexibility index (Phi) is 4.95. The van der Waals surface area contributed by atoms with Crippen LogP contribution in [0, 0.1) is 16.7 Å². The molecule has 1 atom stereocenters. The van der Waals surface area contributed by atoms with Crippen molar-refractivity contribution in [1.29, 1.82) is 5.26 Å². The average molecular weight is 237 g/mol. The predicted octanol–water partition coefficient (Wildman–Crippen LogP) is 1.53. The van der Waals surface area contributed by atoms with E-state index < -0.39 is 0 Å². The zero-order valence-corrected chi connectivity index (χ0v) is 11.1. The summed E-state index contributed by atoms with van der Waals surface area (Å²) >= 11 is 0. The van der Waals surface area contributed by atoms with Gasteiger partial charge in [0, 0.05) is 13.1 Å². The zero-order chi connectivity index (χ0) is 12.9. The number of hydrogen-bond acceptors (Lipinski definition) is 3. The number of amides is 1. The van der Waals surface area contributed by atoms with Crippen LogP contribution in [0.1, 0.15) is 40.0 Å². The summed E-state index contributed by atoms with van der Waals surface area (Å²) in [5.74, 6) is 0.192. The van der Waals surface area contributed by atoms with Crippen LogP contribution < -0.4 is 5.32 Å². The first-order valence-electron chi connectivity index (χ1n) is 6.40. The number of carbonyl (C=O) groups excluding carboxylic acids is 1. The fourth-order valence-electron chi connectivity index (χ4n) is 2.05. The molecule has 1 N–H and O–H groups in total. The van der Waals surface area contributed by atoms with E-state index in [4.69, 9.17) is 5.26 Å². The summed E-state index contributed by atoms with van der Waals surface area (Å²) in [5.41, 5.74) is -0.279. The fourth-order valence-corrected chi connectivity index (χ4v) is 2.05. The second-order valence-electron chi connectivity index (χ2n) is 5.45. The van der Waals surface area contributed by atoms with Crippen LogP contribution in [0.15, 0.2) is 0 Å². The summed E-state index contributed by atoms with van der Waals surface area (Å²) < 4.78 is 0. The van der Waals surface area contributed by atoms with Crippen molar-refractivity contribution < 1.29 is 4.79 Å². The maximum atomic E-state index is 12.0. The summed E-state index contributed by atoms with van der Waals surface area (Å²) in [7, 11) is 0. The lowest BCUT2D eigenvalue weighted by Gasteiger charge is -2.24. The Morgan fingerprint density at radius 2 is 2.29 bits per heavy atom. The molecule has 1 fully saturated rings. The SMILES string of the molecule is CC1NCCCN(CCCC(C)(C)C#N)C1=O. The molecule has 1 saturated heterocycles. The van der Waals surface area contributed by atoms with Crippen LogP contribution in [0.5, 0.6) is 0 Å². The molecule has 1 unspecified atom stereocenters. The monoisotopic (exact) mass is 237 g/mol. The van der Waals surface area contributed by atoms with Gasteiger partial charge in [0.25, 0.3) is 0 Å². The highest BCUT2D eigenvalue weighted by atomic mass is 16.2. The first-order valence-corrected chi connectivity index (χ1v) is 6.40. The maximum absolute atomic E-state index is 12.0. The van der Waals surface area contributed by atoms with E-state index in [0.717, 1.165) is 38.9 Å². The van der Waals surface area contributed by atoms with Gasteiger partial charge in [0.2, 0.25) is 5.91 Å². The first kappa shape index (κ1) is 14.0. The van der Waals surface area contributed by atoms with Crippen LogP contribution in [0.2, 0.25) is 0 Å². The molecule has 1 aliphatic heterocycles. The lowest BCUT2D eigenvalue weighted by atomic mass is 9.90. The minimum Gasteiger partial charge on any atom is -0.341 e. The Morgan fingerprint density at radius 1 is 1.59 bits per heavy atom. The largest absolute Gasteiger partial charge is 0.341 e. The summed E-state index contributed by atoms with van der Waals surface area (Å²) in [6, 6.07) is 2.23. The Hall–Kier alpha value is -1.08. The molecule has 0 aromatic heterocycles. The third-order valence-corrected chi connectivity index (χ3v) is 3.27. The number of nitrogens with one attached hydrogen (secondary N) is 1. The van der Waals surface area contributed by atoms with Gasteiger partial charge in [-0.25, -0.2) is 0 Å². The zero-order valence-electron chi connectivity index (χ0n) is 11.1. The molecule has 0 bridgehead atoms. The molecule has 0 aromatic carbocycles. The van der Waals surface area contributed by atoms with E-state index in [1.165, 1.54) is 0 Å². The molecule has 0 aromatic rings. The number of nitriles is 1. The Bertz CT molecular complexity index is 306. The van der Waals surface area contributed by atoms with Crippen molar-refractivity contribution in [2.75, 3.05) is 19.6 Å². The molecule has 0 spiro atoms. The molecule has 17 heavy (non-hydrogen) atoms. The third-order valence-electron chi connectivity index (χ3n) is 3.27. The van der Waals surface area contributed by atoms with E-state index in [-0.39, 0.29) is 17.4 Å². The van der Waals surface area contributed by atoms with Gasteiger partial charge in [-0.1, -0.05) is 0 Å². The van der Waals surface area contributed by atoms with Crippen molar-refractivity contribution in [3.63, 3.8) is 0 Å². The summed E-state index contributed by atoms with van der Waals surface area (Å²) in [4.78, 5) is 13.9. The highest BCUT2D eigenvalue weighted by Crippen LogP contribution is 2.21. The van der Waals surface area contributed by atoms with Gasteiger partial charge < -0.3 is 10.2 Å². The summed E-state index contributed by atoms with van der Waals surface area (Å²) in [5, 5.41) is 12.1. The van der Waals surface area contributed by atoms with Crippen LogP contribution in [0.25, 0.3) is 0 Å². The quantitative estimate of drug-likeness (QED) is 0.806. The van der Waals surface area contributed by atoms with Crippen molar-refractivity contribution >= 4 is 5.91 Å². The molecule has 1 aliphatic rings. The Labute approximate surface area is 104 Å². The van der Waals surface area contributed by atoms with Crippen molar-refractivity contribution in [2.45, 2.75) is 46.1 Å². The van der Waals surface area contributed by atoms with E-state index in [0.29, 0.717) is 0 Å². The van der Waals surface area contributed by atoms with Gasteiger partial charge in [-0.3, -0.25) is 4.79 Å². The van der Waals surface area contributed by atoms with Gasteiger partial charge in [0.1, 0.15) is 0 Å². The Balaban J connectivity index is 2.40. The third kappa shape index (κ3) is 4.35. The van der Waals surface area contributed by atoms with E-state index in [9.17, 15) is 4.79 Å². The predicted molar refractivity (Wildman–Crippen MR) is 67.3 cm³/mol.